The Balaban J connectivity index is 1.86. The third kappa shape index (κ3) is 5.19. The molecule has 1 fully saturated rings. The molecule has 0 unspecified atom stereocenters. The zero-order chi connectivity index (χ0) is 10.2. The standard InChI is InChI=1S/C10H20N2O2/c1-9(2)12-14-7-5-11-8-10-4-3-6-13-10/h10-11H,3-8H2,1-2H3/t10-/m0/s1. The number of nitrogens with one attached hydrogen (secondary N) is 1. The minimum absolute atomic E-state index is 0.409. The fourth-order valence-corrected chi connectivity index (χ4v) is 1.36. The fourth-order valence-electron chi connectivity index (χ4n) is 1.36. The first kappa shape index (κ1) is 11.5. The van der Waals surface area contributed by atoms with Crippen molar-refractivity contribution >= 4 is 5.71 Å². The average Bonchev–Trinajstić information content (AvgIpc) is 2.63. The molecular formula is C10H20N2O2. The van der Waals surface area contributed by atoms with Crippen LogP contribution < -0.4 is 5.32 Å². The van der Waals surface area contributed by atoms with Gasteiger partial charge in [-0.1, -0.05) is 5.16 Å². The highest BCUT2D eigenvalue weighted by Crippen LogP contribution is 2.10. The SMILES string of the molecule is CC(C)=NOCCNC[C@@H]1CCCO1. The zero-order valence-corrected chi connectivity index (χ0v) is 9.08. The molecule has 1 rings (SSSR count). The molecule has 1 atom stereocenters. The van der Waals surface area contributed by atoms with Crippen LogP contribution in [-0.2, 0) is 9.57 Å². The molecule has 1 heterocycles. The average molecular weight is 200 g/mol. The third-order valence-electron chi connectivity index (χ3n) is 2.01. The summed E-state index contributed by atoms with van der Waals surface area (Å²) in [5.41, 5.74) is 0.948. The van der Waals surface area contributed by atoms with Gasteiger partial charge in [-0.05, 0) is 26.7 Å². The van der Waals surface area contributed by atoms with Gasteiger partial charge < -0.3 is 14.9 Å². The van der Waals surface area contributed by atoms with E-state index >= 15 is 0 Å². The first-order valence-corrected chi connectivity index (χ1v) is 5.24. The van der Waals surface area contributed by atoms with E-state index in [9.17, 15) is 0 Å². The second kappa shape index (κ2) is 6.79. The Hall–Kier alpha value is -0.610. The van der Waals surface area contributed by atoms with Crippen LogP contribution in [-0.4, -0.2) is 38.1 Å². The molecule has 0 aromatic carbocycles. The van der Waals surface area contributed by atoms with Crippen LogP contribution in [0.15, 0.2) is 5.16 Å². The Bertz CT molecular complexity index is 173. The number of oxime groups is 1. The topological polar surface area (TPSA) is 42.8 Å². The van der Waals surface area contributed by atoms with Crippen molar-refractivity contribution in [2.75, 3.05) is 26.3 Å². The van der Waals surface area contributed by atoms with E-state index in [1.165, 1.54) is 12.8 Å². The lowest BCUT2D eigenvalue weighted by Crippen LogP contribution is -2.28. The van der Waals surface area contributed by atoms with E-state index in [1.807, 2.05) is 13.8 Å². The maximum atomic E-state index is 5.47. The summed E-state index contributed by atoms with van der Waals surface area (Å²) in [5, 5.41) is 7.12. The molecule has 0 saturated carbocycles. The van der Waals surface area contributed by atoms with Gasteiger partial charge in [-0.3, -0.25) is 0 Å². The minimum Gasteiger partial charge on any atom is -0.395 e. The van der Waals surface area contributed by atoms with Crippen molar-refractivity contribution in [3.8, 4) is 0 Å². The van der Waals surface area contributed by atoms with Crippen LogP contribution in [0.1, 0.15) is 26.7 Å². The van der Waals surface area contributed by atoms with Crippen LogP contribution >= 0.6 is 0 Å². The molecule has 0 aliphatic carbocycles. The molecule has 0 radical (unpaired) electrons. The van der Waals surface area contributed by atoms with Crippen molar-refractivity contribution in [2.24, 2.45) is 5.16 Å². The Labute approximate surface area is 85.6 Å². The highest BCUT2D eigenvalue weighted by molar-refractivity contribution is 5.78. The first-order chi connectivity index (χ1) is 6.79. The summed E-state index contributed by atoms with van der Waals surface area (Å²) < 4.78 is 5.47. The lowest BCUT2D eigenvalue weighted by atomic mass is 10.2. The maximum absolute atomic E-state index is 5.47. The largest absolute Gasteiger partial charge is 0.395 e. The van der Waals surface area contributed by atoms with Gasteiger partial charge in [0.25, 0.3) is 0 Å². The van der Waals surface area contributed by atoms with Gasteiger partial charge in [-0.2, -0.15) is 0 Å². The third-order valence-corrected chi connectivity index (χ3v) is 2.01. The molecule has 1 aliphatic rings. The van der Waals surface area contributed by atoms with Gasteiger partial charge in [0.2, 0.25) is 0 Å². The first-order valence-electron chi connectivity index (χ1n) is 5.24. The predicted molar refractivity (Wildman–Crippen MR) is 56.6 cm³/mol. The van der Waals surface area contributed by atoms with Crippen LogP contribution in [0.5, 0.6) is 0 Å². The summed E-state index contributed by atoms with van der Waals surface area (Å²) >= 11 is 0. The number of hydrogen-bond acceptors (Lipinski definition) is 4. The molecular weight excluding hydrogens is 180 g/mol. The van der Waals surface area contributed by atoms with E-state index < -0.39 is 0 Å². The van der Waals surface area contributed by atoms with E-state index in [0.29, 0.717) is 12.7 Å². The summed E-state index contributed by atoms with van der Waals surface area (Å²) in [6, 6.07) is 0. The van der Waals surface area contributed by atoms with Gasteiger partial charge in [0.15, 0.2) is 0 Å². The molecule has 1 aliphatic heterocycles. The summed E-state index contributed by atoms with van der Waals surface area (Å²) in [5.74, 6) is 0. The van der Waals surface area contributed by atoms with E-state index in [1.54, 1.807) is 0 Å². The Morgan fingerprint density at radius 1 is 1.57 bits per heavy atom. The van der Waals surface area contributed by atoms with E-state index in [2.05, 4.69) is 10.5 Å². The number of hydrogen-bond donors (Lipinski definition) is 1. The van der Waals surface area contributed by atoms with E-state index in [-0.39, 0.29) is 0 Å². The minimum atomic E-state index is 0.409. The highest BCUT2D eigenvalue weighted by atomic mass is 16.6. The van der Waals surface area contributed by atoms with Crippen molar-refractivity contribution in [2.45, 2.75) is 32.8 Å². The van der Waals surface area contributed by atoms with Gasteiger partial charge in [0.05, 0.1) is 11.8 Å². The van der Waals surface area contributed by atoms with Gasteiger partial charge >= 0.3 is 0 Å². The molecule has 1 saturated heterocycles. The van der Waals surface area contributed by atoms with Gasteiger partial charge in [-0.25, -0.2) is 0 Å². The summed E-state index contributed by atoms with van der Waals surface area (Å²) in [4.78, 5) is 5.04. The molecule has 4 heteroatoms. The highest BCUT2D eigenvalue weighted by Gasteiger charge is 2.13. The fraction of sp³-hybridized carbons (Fsp3) is 0.900. The molecule has 1 N–H and O–H groups in total. The Morgan fingerprint density at radius 2 is 2.43 bits per heavy atom. The molecule has 0 spiro atoms. The van der Waals surface area contributed by atoms with Crippen molar-refractivity contribution in [3.05, 3.63) is 0 Å². The van der Waals surface area contributed by atoms with Gasteiger partial charge in [0.1, 0.15) is 6.61 Å². The van der Waals surface area contributed by atoms with Crippen molar-refractivity contribution in [1.82, 2.24) is 5.32 Å². The molecule has 4 nitrogen and oxygen atoms in total. The summed E-state index contributed by atoms with van der Waals surface area (Å²) in [6.07, 6.45) is 2.79. The quantitative estimate of drug-likeness (QED) is 0.397. The molecule has 0 aromatic heterocycles. The second-order valence-electron chi connectivity index (χ2n) is 3.71. The summed E-state index contributed by atoms with van der Waals surface area (Å²) in [7, 11) is 0. The predicted octanol–water partition coefficient (Wildman–Crippen LogP) is 1.17. The van der Waals surface area contributed by atoms with Crippen LogP contribution in [0.3, 0.4) is 0 Å². The smallest absolute Gasteiger partial charge is 0.129 e. The second-order valence-corrected chi connectivity index (χ2v) is 3.71. The van der Waals surface area contributed by atoms with Crippen LogP contribution in [0.4, 0.5) is 0 Å². The monoisotopic (exact) mass is 200 g/mol. The number of rotatable bonds is 6. The number of ether oxygens (including phenoxy) is 1. The van der Waals surface area contributed by atoms with E-state index in [4.69, 9.17) is 9.57 Å². The van der Waals surface area contributed by atoms with Crippen LogP contribution in [0.25, 0.3) is 0 Å². The molecule has 0 aromatic rings. The Morgan fingerprint density at radius 3 is 3.07 bits per heavy atom. The van der Waals surface area contributed by atoms with Crippen molar-refractivity contribution < 1.29 is 9.57 Å². The van der Waals surface area contributed by atoms with Crippen molar-refractivity contribution in [3.63, 3.8) is 0 Å². The number of nitrogens with zero attached hydrogens (tertiary/aromatic N) is 1. The maximum Gasteiger partial charge on any atom is 0.129 e. The lowest BCUT2D eigenvalue weighted by Gasteiger charge is -2.09. The molecule has 82 valence electrons. The molecule has 14 heavy (non-hydrogen) atoms. The van der Waals surface area contributed by atoms with E-state index in [0.717, 1.165) is 25.4 Å². The Kier molecular flexibility index (Phi) is 5.56. The normalized spacial score (nSPS) is 20.9. The van der Waals surface area contributed by atoms with Crippen molar-refractivity contribution in [1.29, 1.82) is 0 Å². The van der Waals surface area contributed by atoms with Gasteiger partial charge in [0, 0.05) is 19.7 Å². The molecule has 0 bridgehead atoms. The molecule has 0 amide bonds. The lowest BCUT2D eigenvalue weighted by molar-refractivity contribution is 0.103. The van der Waals surface area contributed by atoms with Gasteiger partial charge in [-0.15, -0.1) is 0 Å². The summed E-state index contributed by atoms with van der Waals surface area (Å²) in [6.45, 7) is 7.13. The van der Waals surface area contributed by atoms with Crippen LogP contribution in [0, 0.1) is 0 Å². The van der Waals surface area contributed by atoms with Crippen LogP contribution in [0.2, 0.25) is 0 Å². The zero-order valence-electron chi connectivity index (χ0n) is 9.08.